The molecule has 0 bridgehead atoms. The Morgan fingerprint density at radius 3 is 2.64 bits per heavy atom. The summed E-state index contributed by atoms with van der Waals surface area (Å²) in [6.45, 7) is 7.81. The second kappa shape index (κ2) is 4.42. The van der Waals surface area contributed by atoms with Crippen molar-refractivity contribution >= 4 is 0 Å². The smallest absolute Gasteiger partial charge is 0.0628 e. The number of aromatic nitrogens is 2. The van der Waals surface area contributed by atoms with E-state index in [2.05, 4.69) is 18.6 Å². The highest BCUT2D eigenvalue weighted by molar-refractivity contribution is 5.24. The molecule has 0 fully saturated rings. The standard InChI is InChI=1S/C11H19N3/c1-5-10(12)6-7-11-8(2)13-14(4)9(11)3/h5,10H,1,6-7,12H2,2-4H3. The first-order valence-electron chi connectivity index (χ1n) is 4.93. The zero-order valence-corrected chi connectivity index (χ0v) is 9.25. The van der Waals surface area contributed by atoms with E-state index in [9.17, 15) is 0 Å². The first-order valence-corrected chi connectivity index (χ1v) is 4.93. The Hall–Kier alpha value is -1.09. The largest absolute Gasteiger partial charge is 0.324 e. The van der Waals surface area contributed by atoms with Gasteiger partial charge in [0.05, 0.1) is 5.69 Å². The average molecular weight is 193 g/mol. The van der Waals surface area contributed by atoms with Crippen LogP contribution in [0.3, 0.4) is 0 Å². The molecule has 0 aliphatic rings. The second-order valence-electron chi connectivity index (χ2n) is 3.71. The number of aryl methyl sites for hydroxylation is 2. The van der Waals surface area contributed by atoms with Crippen molar-refractivity contribution in [1.82, 2.24) is 9.78 Å². The van der Waals surface area contributed by atoms with Crippen LogP contribution in [0.4, 0.5) is 0 Å². The summed E-state index contributed by atoms with van der Waals surface area (Å²) < 4.78 is 1.92. The molecule has 3 nitrogen and oxygen atoms in total. The van der Waals surface area contributed by atoms with E-state index in [0.29, 0.717) is 0 Å². The molecule has 0 aliphatic carbocycles. The summed E-state index contributed by atoms with van der Waals surface area (Å²) in [5.74, 6) is 0. The molecule has 1 aromatic heterocycles. The van der Waals surface area contributed by atoms with Crippen molar-refractivity contribution in [2.24, 2.45) is 12.8 Å². The predicted molar refractivity (Wildman–Crippen MR) is 59.2 cm³/mol. The van der Waals surface area contributed by atoms with Crippen LogP contribution in [0.1, 0.15) is 23.4 Å². The lowest BCUT2D eigenvalue weighted by Gasteiger charge is -2.05. The quantitative estimate of drug-likeness (QED) is 0.736. The van der Waals surface area contributed by atoms with Gasteiger partial charge in [0.15, 0.2) is 0 Å². The van der Waals surface area contributed by atoms with E-state index in [1.807, 2.05) is 18.7 Å². The number of hydrogen-bond acceptors (Lipinski definition) is 2. The minimum Gasteiger partial charge on any atom is -0.324 e. The SMILES string of the molecule is C=CC(N)CCc1c(C)nn(C)c1C. The molecule has 0 spiro atoms. The van der Waals surface area contributed by atoms with Gasteiger partial charge in [0.1, 0.15) is 0 Å². The fourth-order valence-corrected chi connectivity index (χ4v) is 1.61. The van der Waals surface area contributed by atoms with Gasteiger partial charge in [-0.1, -0.05) is 6.08 Å². The van der Waals surface area contributed by atoms with Crippen molar-refractivity contribution in [2.75, 3.05) is 0 Å². The number of nitrogens with two attached hydrogens (primary N) is 1. The first kappa shape index (κ1) is 11.0. The first-order chi connectivity index (χ1) is 6.56. The van der Waals surface area contributed by atoms with Gasteiger partial charge in [-0.05, 0) is 32.3 Å². The third kappa shape index (κ3) is 2.23. The van der Waals surface area contributed by atoms with Crippen LogP contribution in [0.2, 0.25) is 0 Å². The maximum atomic E-state index is 5.78. The predicted octanol–water partition coefficient (Wildman–Crippen LogP) is 1.48. The highest BCUT2D eigenvalue weighted by atomic mass is 15.3. The second-order valence-corrected chi connectivity index (χ2v) is 3.71. The summed E-state index contributed by atoms with van der Waals surface area (Å²) >= 11 is 0. The summed E-state index contributed by atoms with van der Waals surface area (Å²) in [5, 5.41) is 4.36. The normalized spacial score (nSPS) is 12.9. The number of hydrogen-bond donors (Lipinski definition) is 1. The highest BCUT2D eigenvalue weighted by Crippen LogP contribution is 2.14. The fourth-order valence-electron chi connectivity index (χ4n) is 1.61. The van der Waals surface area contributed by atoms with Gasteiger partial charge in [-0.2, -0.15) is 5.10 Å². The monoisotopic (exact) mass is 193 g/mol. The lowest BCUT2D eigenvalue weighted by Crippen LogP contribution is -2.17. The Labute approximate surface area is 85.6 Å². The van der Waals surface area contributed by atoms with Crippen LogP contribution in [-0.4, -0.2) is 15.8 Å². The van der Waals surface area contributed by atoms with Crippen LogP contribution < -0.4 is 5.73 Å². The Morgan fingerprint density at radius 2 is 2.21 bits per heavy atom. The van der Waals surface area contributed by atoms with Gasteiger partial charge in [-0.25, -0.2) is 0 Å². The summed E-state index contributed by atoms with van der Waals surface area (Å²) in [7, 11) is 1.97. The molecule has 1 atom stereocenters. The molecule has 0 aromatic carbocycles. The molecule has 3 heteroatoms. The van der Waals surface area contributed by atoms with Crippen molar-refractivity contribution < 1.29 is 0 Å². The third-order valence-corrected chi connectivity index (χ3v) is 2.69. The van der Waals surface area contributed by atoms with Crippen molar-refractivity contribution in [3.63, 3.8) is 0 Å². The molecule has 0 saturated carbocycles. The topological polar surface area (TPSA) is 43.8 Å². The van der Waals surface area contributed by atoms with Crippen LogP contribution >= 0.6 is 0 Å². The van der Waals surface area contributed by atoms with E-state index >= 15 is 0 Å². The molecule has 0 radical (unpaired) electrons. The van der Waals surface area contributed by atoms with Gasteiger partial charge in [0.25, 0.3) is 0 Å². The van der Waals surface area contributed by atoms with Gasteiger partial charge in [0.2, 0.25) is 0 Å². The van der Waals surface area contributed by atoms with E-state index < -0.39 is 0 Å². The Bertz CT molecular complexity index is 326. The summed E-state index contributed by atoms with van der Waals surface area (Å²) in [6.07, 6.45) is 3.72. The Kier molecular flexibility index (Phi) is 3.47. The molecule has 1 heterocycles. The van der Waals surface area contributed by atoms with Crippen LogP contribution in [0.25, 0.3) is 0 Å². The van der Waals surface area contributed by atoms with E-state index in [1.54, 1.807) is 6.08 Å². The zero-order valence-electron chi connectivity index (χ0n) is 9.25. The van der Waals surface area contributed by atoms with E-state index in [-0.39, 0.29) is 6.04 Å². The Morgan fingerprint density at radius 1 is 1.57 bits per heavy atom. The third-order valence-electron chi connectivity index (χ3n) is 2.69. The van der Waals surface area contributed by atoms with Gasteiger partial charge >= 0.3 is 0 Å². The van der Waals surface area contributed by atoms with Crippen LogP contribution in [-0.2, 0) is 13.5 Å². The van der Waals surface area contributed by atoms with Gasteiger partial charge in [-0.3, -0.25) is 4.68 Å². The number of rotatable bonds is 4. The molecule has 1 unspecified atom stereocenters. The molecule has 1 rings (SSSR count). The van der Waals surface area contributed by atoms with Crippen molar-refractivity contribution in [1.29, 1.82) is 0 Å². The zero-order chi connectivity index (χ0) is 10.7. The van der Waals surface area contributed by atoms with Crippen molar-refractivity contribution in [3.05, 3.63) is 29.6 Å². The molecule has 0 saturated heterocycles. The lowest BCUT2D eigenvalue weighted by atomic mass is 10.0. The van der Waals surface area contributed by atoms with Crippen LogP contribution in [0.5, 0.6) is 0 Å². The molecular formula is C11H19N3. The molecule has 1 aromatic rings. The average Bonchev–Trinajstić information content (AvgIpc) is 2.39. The molecular weight excluding hydrogens is 174 g/mol. The van der Waals surface area contributed by atoms with E-state index in [4.69, 9.17) is 5.73 Å². The maximum absolute atomic E-state index is 5.78. The van der Waals surface area contributed by atoms with Crippen molar-refractivity contribution in [3.8, 4) is 0 Å². The maximum Gasteiger partial charge on any atom is 0.0628 e. The number of nitrogens with zero attached hydrogens (tertiary/aromatic N) is 2. The summed E-state index contributed by atoms with van der Waals surface area (Å²) in [4.78, 5) is 0. The highest BCUT2D eigenvalue weighted by Gasteiger charge is 2.09. The van der Waals surface area contributed by atoms with Gasteiger partial charge in [0, 0.05) is 18.8 Å². The molecule has 2 N–H and O–H groups in total. The molecule has 0 aliphatic heterocycles. The van der Waals surface area contributed by atoms with E-state index in [0.717, 1.165) is 18.5 Å². The van der Waals surface area contributed by atoms with Crippen LogP contribution in [0, 0.1) is 13.8 Å². The Balaban J connectivity index is 2.71. The summed E-state index contributed by atoms with van der Waals surface area (Å²) in [6, 6.07) is 0.0917. The minimum absolute atomic E-state index is 0.0917. The van der Waals surface area contributed by atoms with Crippen LogP contribution in [0.15, 0.2) is 12.7 Å². The van der Waals surface area contributed by atoms with E-state index in [1.165, 1.54) is 11.3 Å². The lowest BCUT2D eigenvalue weighted by molar-refractivity contribution is 0.710. The molecule has 78 valence electrons. The van der Waals surface area contributed by atoms with Gasteiger partial charge in [-0.15, -0.1) is 6.58 Å². The summed E-state index contributed by atoms with van der Waals surface area (Å²) in [5.41, 5.74) is 9.45. The fraction of sp³-hybridized carbons (Fsp3) is 0.545. The van der Waals surface area contributed by atoms with Crippen molar-refractivity contribution in [2.45, 2.75) is 32.7 Å². The molecule has 0 amide bonds. The molecule has 14 heavy (non-hydrogen) atoms. The van der Waals surface area contributed by atoms with Gasteiger partial charge < -0.3 is 5.73 Å². The minimum atomic E-state index is 0.0917.